The normalized spacial score (nSPS) is 14.7. The molecule has 0 atom stereocenters. The second kappa shape index (κ2) is 19.7. The Bertz CT molecular complexity index is 819. The molecule has 1 N–H and O–H groups in total. The predicted molar refractivity (Wildman–Crippen MR) is 148 cm³/mol. The van der Waals surface area contributed by atoms with Crippen LogP contribution in [-0.2, 0) is 36.6 Å². The van der Waals surface area contributed by atoms with Gasteiger partial charge >= 0.3 is 6.09 Å². The van der Waals surface area contributed by atoms with Crippen molar-refractivity contribution in [2.24, 2.45) is 0 Å². The molecule has 1 aromatic heterocycles. The summed E-state index contributed by atoms with van der Waals surface area (Å²) in [4.78, 5) is 25.4. The van der Waals surface area contributed by atoms with Crippen LogP contribution in [0.4, 0.5) is 4.79 Å². The lowest BCUT2D eigenvalue weighted by Crippen LogP contribution is -2.47. The summed E-state index contributed by atoms with van der Waals surface area (Å²) in [7, 11) is 0. The van der Waals surface area contributed by atoms with Crippen molar-refractivity contribution in [1.29, 1.82) is 0 Å². The van der Waals surface area contributed by atoms with Gasteiger partial charge in [0.15, 0.2) is 0 Å². The Balaban J connectivity index is 1.42. The molecule has 0 saturated carbocycles. The smallest absolute Gasteiger partial charge is 0.408 e. The number of hydrogen-bond acceptors (Lipinski definition) is 10. The SMILES string of the molecule is C#CCOCCOCCOCCOCCN1CCN(CCCc2cnc(CNC(=O)OC(C)(C)C)nc2)CC1. The Kier molecular flexibility index (Phi) is 16.6. The lowest BCUT2D eigenvalue weighted by atomic mass is 10.2. The van der Waals surface area contributed by atoms with Crippen molar-refractivity contribution < 1.29 is 28.5 Å². The summed E-state index contributed by atoms with van der Waals surface area (Å²) in [5, 5.41) is 2.68. The van der Waals surface area contributed by atoms with Crippen molar-refractivity contribution in [1.82, 2.24) is 25.1 Å². The molecule has 1 saturated heterocycles. The van der Waals surface area contributed by atoms with E-state index in [4.69, 9.17) is 30.1 Å². The van der Waals surface area contributed by atoms with Crippen LogP contribution in [0.5, 0.6) is 0 Å². The van der Waals surface area contributed by atoms with Gasteiger partial charge in [0.2, 0.25) is 0 Å². The van der Waals surface area contributed by atoms with Crippen LogP contribution in [-0.4, -0.2) is 124 Å². The number of carbonyl (C=O) groups excluding carboxylic acids is 1. The molecule has 1 aliphatic heterocycles. The summed E-state index contributed by atoms with van der Waals surface area (Å²) < 4.78 is 26.9. The number of terminal acetylenes is 1. The number of alkyl carbamates (subject to hydrolysis) is 1. The van der Waals surface area contributed by atoms with Crippen LogP contribution < -0.4 is 5.32 Å². The minimum absolute atomic E-state index is 0.249. The Labute approximate surface area is 233 Å². The van der Waals surface area contributed by atoms with Crippen molar-refractivity contribution in [2.75, 3.05) is 92.1 Å². The van der Waals surface area contributed by atoms with E-state index in [1.165, 1.54) is 0 Å². The number of rotatable bonds is 19. The molecule has 0 aliphatic carbocycles. The molecule has 1 aromatic rings. The Morgan fingerprint density at radius 1 is 0.897 bits per heavy atom. The van der Waals surface area contributed by atoms with Crippen molar-refractivity contribution in [3.63, 3.8) is 0 Å². The first-order valence-electron chi connectivity index (χ1n) is 13.8. The summed E-state index contributed by atoms with van der Waals surface area (Å²) in [6, 6.07) is 0. The molecule has 11 nitrogen and oxygen atoms in total. The molecule has 1 fully saturated rings. The average Bonchev–Trinajstić information content (AvgIpc) is 2.91. The zero-order valence-corrected chi connectivity index (χ0v) is 24.0. The molecule has 1 amide bonds. The fourth-order valence-electron chi connectivity index (χ4n) is 3.80. The third kappa shape index (κ3) is 17.1. The topological polar surface area (TPSA) is 108 Å². The zero-order valence-electron chi connectivity index (χ0n) is 24.0. The Morgan fingerprint density at radius 3 is 2.00 bits per heavy atom. The van der Waals surface area contributed by atoms with Crippen molar-refractivity contribution in [2.45, 2.75) is 45.8 Å². The van der Waals surface area contributed by atoms with Crippen LogP contribution in [0.3, 0.4) is 0 Å². The number of nitrogens with zero attached hydrogens (tertiary/aromatic N) is 4. The molecular weight excluding hydrogens is 502 g/mol. The van der Waals surface area contributed by atoms with E-state index < -0.39 is 11.7 Å². The molecule has 0 aromatic carbocycles. The third-order valence-corrected chi connectivity index (χ3v) is 5.81. The molecule has 0 unspecified atom stereocenters. The van der Waals surface area contributed by atoms with Crippen molar-refractivity contribution in [3.8, 4) is 12.3 Å². The quantitative estimate of drug-likeness (QED) is 0.203. The molecular formula is C28H47N5O6. The van der Waals surface area contributed by atoms with Crippen LogP contribution in [0.2, 0.25) is 0 Å². The van der Waals surface area contributed by atoms with Gasteiger partial charge in [0, 0.05) is 45.1 Å². The highest BCUT2D eigenvalue weighted by atomic mass is 16.6. The highest BCUT2D eigenvalue weighted by molar-refractivity contribution is 5.67. The van der Waals surface area contributed by atoms with E-state index in [9.17, 15) is 4.79 Å². The van der Waals surface area contributed by atoms with Crippen LogP contribution in [0.25, 0.3) is 0 Å². The molecule has 11 heteroatoms. The fourth-order valence-corrected chi connectivity index (χ4v) is 3.80. The van der Waals surface area contributed by atoms with Gasteiger partial charge < -0.3 is 33.9 Å². The van der Waals surface area contributed by atoms with Gasteiger partial charge in [0.25, 0.3) is 0 Å². The van der Waals surface area contributed by atoms with Gasteiger partial charge in [-0.3, -0.25) is 4.90 Å². The first-order valence-corrected chi connectivity index (χ1v) is 13.8. The number of nitrogens with one attached hydrogen (secondary N) is 1. The second-order valence-electron chi connectivity index (χ2n) is 10.2. The summed E-state index contributed by atoms with van der Waals surface area (Å²) >= 11 is 0. The molecule has 39 heavy (non-hydrogen) atoms. The molecule has 2 heterocycles. The summed E-state index contributed by atoms with van der Waals surface area (Å²) in [5.74, 6) is 2.98. The van der Waals surface area contributed by atoms with Gasteiger partial charge in [-0.15, -0.1) is 6.42 Å². The lowest BCUT2D eigenvalue weighted by Gasteiger charge is -2.34. The maximum Gasteiger partial charge on any atom is 0.408 e. The molecule has 1 aliphatic rings. The van der Waals surface area contributed by atoms with Crippen molar-refractivity contribution >= 4 is 6.09 Å². The van der Waals surface area contributed by atoms with Gasteiger partial charge in [0.05, 0.1) is 52.8 Å². The van der Waals surface area contributed by atoms with Gasteiger partial charge in [-0.2, -0.15) is 0 Å². The summed E-state index contributed by atoms with van der Waals surface area (Å²) in [5.41, 5.74) is 0.580. The number of aryl methyl sites for hydroxylation is 1. The highest BCUT2D eigenvalue weighted by Gasteiger charge is 2.17. The average molecular weight is 550 g/mol. The van der Waals surface area contributed by atoms with E-state index in [2.05, 4.69) is 31.0 Å². The predicted octanol–water partition coefficient (Wildman–Crippen LogP) is 1.75. The van der Waals surface area contributed by atoms with Gasteiger partial charge in [0.1, 0.15) is 18.0 Å². The lowest BCUT2D eigenvalue weighted by molar-refractivity contribution is -0.00257. The number of aromatic nitrogens is 2. The van der Waals surface area contributed by atoms with E-state index in [1.54, 1.807) is 0 Å². The number of amides is 1. The molecule has 0 radical (unpaired) electrons. The van der Waals surface area contributed by atoms with Gasteiger partial charge in [-0.05, 0) is 45.7 Å². The first-order chi connectivity index (χ1) is 18.9. The van der Waals surface area contributed by atoms with Crippen LogP contribution in [0.15, 0.2) is 12.4 Å². The summed E-state index contributed by atoms with van der Waals surface area (Å²) in [6.07, 6.45) is 10.3. The van der Waals surface area contributed by atoms with E-state index in [0.717, 1.165) is 64.3 Å². The molecule has 0 bridgehead atoms. The maximum absolute atomic E-state index is 11.7. The minimum Gasteiger partial charge on any atom is -0.444 e. The molecule has 220 valence electrons. The van der Waals surface area contributed by atoms with Crippen molar-refractivity contribution in [3.05, 3.63) is 23.8 Å². The minimum atomic E-state index is -0.525. The largest absolute Gasteiger partial charge is 0.444 e. The van der Waals surface area contributed by atoms with E-state index >= 15 is 0 Å². The Morgan fingerprint density at radius 2 is 1.44 bits per heavy atom. The summed E-state index contributed by atoms with van der Waals surface area (Å²) in [6.45, 7) is 16.3. The highest BCUT2D eigenvalue weighted by Crippen LogP contribution is 2.08. The Hall–Kier alpha value is -2.33. The zero-order chi connectivity index (χ0) is 28.2. The molecule has 2 rings (SSSR count). The van der Waals surface area contributed by atoms with Gasteiger partial charge in [-0.25, -0.2) is 14.8 Å². The number of carbonyl (C=O) groups is 1. The molecule has 0 spiro atoms. The van der Waals surface area contributed by atoms with Crippen LogP contribution in [0, 0.1) is 12.3 Å². The monoisotopic (exact) mass is 549 g/mol. The number of hydrogen-bond donors (Lipinski definition) is 1. The van der Waals surface area contributed by atoms with Crippen LogP contribution >= 0.6 is 0 Å². The fraction of sp³-hybridized carbons (Fsp3) is 0.750. The van der Waals surface area contributed by atoms with Gasteiger partial charge in [-0.1, -0.05) is 5.92 Å². The maximum atomic E-state index is 11.7. The first kappa shape index (κ1) is 32.9. The number of ether oxygens (including phenoxy) is 5. The third-order valence-electron chi connectivity index (χ3n) is 5.81. The second-order valence-corrected chi connectivity index (χ2v) is 10.2. The van der Waals surface area contributed by atoms with E-state index in [-0.39, 0.29) is 6.54 Å². The van der Waals surface area contributed by atoms with E-state index in [1.807, 2.05) is 33.2 Å². The number of piperazine rings is 1. The standard InChI is InChI=1S/C28H47N5O6/c1-5-14-35-16-18-37-20-21-38-19-17-36-15-13-33-11-9-32(10-12-33)8-6-7-25-22-29-26(30-23-25)24-31-27(34)39-28(2,3)4/h1,22-23H,6-21,24H2,2-4H3,(H,31,34). The van der Waals surface area contributed by atoms with Crippen LogP contribution in [0.1, 0.15) is 38.6 Å². The van der Waals surface area contributed by atoms with E-state index in [0.29, 0.717) is 52.1 Å².